The van der Waals surface area contributed by atoms with Crippen molar-refractivity contribution in [3.05, 3.63) is 42.6 Å². The fourth-order valence-corrected chi connectivity index (χ4v) is 2.81. The number of carbonyl (C=O) groups excluding carboxylic acids is 1. The first-order chi connectivity index (χ1) is 9.83. The second-order valence-corrected chi connectivity index (χ2v) is 5.19. The molecule has 0 spiro atoms. The number of hydrogen-bond donors (Lipinski definition) is 0. The first-order valence-electron chi connectivity index (χ1n) is 7.12. The van der Waals surface area contributed by atoms with Crippen LogP contribution in [0.3, 0.4) is 0 Å². The van der Waals surface area contributed by atoms with Gasteiger partial charge in [-0.1, -0.05) is 0 Å². The molecule has 0 N–H and O–H groups in total. The van der Waals surface area contributed by atoms with Crippen molar-refractivity contribution in [2.24, 2.45) is 0 Å². The Balaban J connectivity index is 1.55. The van der Waals surface area contributed by atoms with Crippen LogP contribution in [0.25, 0.3) is 0 Å². The molecule has 1 atom stereocenters. The van der Waals surface area contributed by atoms with Crippen LogP contribution in [0.5, 0.6) is 0 Å². The Morgan fingerprint density at radius 2 is 2.40 bits per heavy atom. The first-order valence-corrected chi connectivity index (χ1v) is 7.12. The number of aromatic nitrogens is 2. The zero-order chi connectivity index (χ0) is 13.8. The van der Waals surface area contributed by atoms with E-state index in [1.54, 1.807) is 12.5 Å². The zero-order valence-electron chi connectivity index (χ0n) is 11.4. The normalized spacial score (nSPS) is 18.6. The maximum Gasteiger partial charge on any atom is 0.223 e. The summed E-state index contributed by atoms with van der Waals surface area (Å²) >= 11 is 0. The average molecular weight is 273 g/mol. The van der Waals surface area contributed by atoms with Gasteiger partial charge in [0.1, 0.15) is 5.76 Å². The van der Waals surface area contributed by atoms with Crippen LogP contribution in [0.2, 0.25) is 0 Å². The molecule has 0 saturated carbocycles. The van der Waals surface area contributed by atoms with Gasteiger partial charge in [-0.15, -0.1) is 0 Å². The lowest BCUT2D eigenvalue weighted by Gasteiger charge is -2.24. The minimum Gasteiger partial charge on any atom is -0.469 e. The predicted octanol–water partition coefficient (Wildman–Crippen LogP) is 2.10. The summed E-state index contributed by atoms with van der Waals surface area (Å²) in [5.41, 5.74) is 0. The standard InChI is InChI=1S/C15H19N3O2/c19-15(7-6-14-5-2-11-20-14)18-10-1-4-13(18)12-17-9-3-8-16-17/h2-3,5,8-9,11,13H,1,4,6-7,10,12H2. The number of amides is 1. The monoisotopic (exact) mass is 273 g/mol. The predicted molar refractivity (Wildman–Crippen MR) is 74.0 cm³/mol. The molecule has 1 amide bonds. The number of carbonyl (C=O) groups is 1. The molecular weight excluding hydrogens is 254 g/mol. The summed E-state index contributed by atoms with van der Waals surface area (Å²) in [6, 6.07) is 5.96. The van der Waals surface area contributed by atoms with Gasteiger partial charge in [0.15, 0.2) is 0 Å². The van der Waals surface area contributed by atoms with Crippen LogP contribution in [0, 0.1) is 0 Å². The highest BCUT2D eigenvalue weighted by atomic mass is 16.3. The van der Waals surface area contributed by atoms with Crippen LogP contribution in [-0.4, -0.2) is 33.2 Å². The largest absolute Gasteiger partial charge is 0.469 e. The lowest BCUT2D eigenvalue weighted by atomic mass is 10.2. The lowest BCUT2D eigenvalue weighted by Crippen LogP contribution is -2.38. The van der Waals surface area contributed by atoms with Gasteiger partial charge < -0.3 is 9.32 Å². The van der Waals surface area contributed by atoms with Crippen molar-refractivity contribution in [1.82, 2.24) is 14.7 Å². The minimum atomic E-state index is 0.219. The van der Waals surface area contributed by atoms with Gasteiger partial charge in [0.05, 0.1) is 18.8 Å². The maximum atomic E-state index is 12.3. The van der Waals surface area contributed by atoms with E-state index in [0.717, 1.165) is 31.7 Å². The van der Waals surface area contributed by atoms with Gasteiger partial charge in [0.2, 0.25) is 5.91 Å². The Morgan fingerprint density at radius 3 is 3.15 bits per heavy atom. The van der Waals surface area contributed by atoms with Crippen molar-refractivity contribution in [3.8, 4) is 0 Å². The van der Waals surface area contributed by atoms with Gasteiger partial charge in [-0.3, -0.25) is 9.48 Å². The van der Waals surface area contributed by atoms with Crippen LogP contribution in [0.1, 0.15) is 25.0 Å². The van der Waals surface area contributed by atoms with Gasteiger partial charge in [-0.25, -0.2) is 0 Å². The summed E-state index contributed by atoms with van der Waals surface area (Å²) in [5, 5.41) is 4.22. The molecule has 0 bridgehead atoms. The summed E-state index contributed by atoms with van der Waals surface area (Å²) in [4.78, 5) is 14.3. The molecule has 2 aromatic rings. The summed E-state index contributed by atoms with van der Waals surface area (Å²) in [7, 11) is 0. The molecule has 1 saturated heterocycles. The van der Waals surface area contributed by atoms with Gasteiger partial charge in [0, 0.05) is 31.8 Å². The molecule has 1 aliphatic rings. The molecule has 5 heteroatoms. The van der Waals surface area contributed by atoms with E-state index >= 15 is 0 Å². The highest BCUT2D eigenvalue weighted by Gasteiger charge is 2.28. The van der Waals surface area contributed by atoms with E-state index in [1.807, 2.05) is 34.0 Å². The molecule has 0 aliphatic carbocycles. The molecule has 20 heavy (non-hydrogen) atoms. The Hall–Kier alpha value is -2.04. The molecule has 1 unspecified atom stereocenters. The van der Waals surface area contributed by atoms with Crippen molar-refractivity contribution >= 4 is 5.91 Å². The fourth-order valence-electron chi connectivity index (χ4n) is 2.81. The molecule has 1 aliphatic heterocycles. The number of likely N-dealkylation sites (tertiary alicyclic amines) is 1. The van der Waals surface area contributed by atoms with Crippen LogP contribution < -0.4 is 0 Å². The molecule has 106 valence electrons. The topological polar surface area (TPSA) is 51.3 Å². The Morgan fingerprint density at radius 1 is 1.45 bits per heavy atom. The number of hydrogen-bond acceptors (Lipinski definition) is 3. The van der Waals surface area contributed by atoms with E-state index < -0.39 is 0 Å². The van der Waals surface area contributed by atoms with Crippen LogP contribution in [-0.2, 0) is 17.8 Å². The second-order valence-electron chi connectivity index (χ2n) is 5.19. The quantitative estimate of drug-likeness (QED) is 0.838. The smallest absolute Gasteiger partial charge is 0.223 e. The van der Waals surface area contributed by atoms with Crippen LogP contribution in [0.4, 0.5) is 0 Å². The van der Waals surface area contributed by atoms with Crippen molar-refractivity contribution < 1.29 is 9.21 Å². The Kier molecular flexibility index (Phi) is 3.85. The molecule has 1 fully saturated rings. The van der Waals surface area contributed by atoms with E-state index in [-0.39, 0.29) is 11.9 Å². The Labute approximate surface area is 118 Å². The van der Waals surface area contributed by atoms with Crippen molar-refractivity contribution in [2.45, 2.75) is 38.3 Å². The first kappa shape index (κ1) is 13.0. The highest BCUT2D eigenvalue weighted by Crippen LogP contribution is 2.20. The highest BCUT2D eigenvalue weighted by molar-refractivity contribution is 5.77. The molecular formula is C15H19N3O2. The van der Waals surface area contributed by atoms with Gasteiger partial charge in [-0.05, 0) is 31.0 Å². The molecule has 0 aromatic carbocycles. The summed E-state index contributed by atoms with van der Waals surface area (Å²) in [6.07, 6.45) is 8.71. The lowest BCUT2D eigenvalue weighted by molar-refractivity contribution is -0.132. The van der Waals surface area contributed by atoms with Gasteiger partial charge in [0.25, 0.3) is 0 Å². The van der Waals surface area contributed by atoms with Gasteiger partial charge in [-0.2, -0.15) is 5.10 Å². The summed E-state index contributed by atoms with van der Waals surface area (Å²) in [6.45, 7) is 1.66. The maximum absolute atomic E-state index is 12.3. The minimum absolute atomic E-state index is 0.219. The third-order valence-electron chi connectivity index (χ3n) is 3.82. The molecule has 2 aromatic heterocycles. The molecule has 3 rings (SSSR count). The van der Waals surface area contributed by atoms with Crippen molar-refractivity contribution in [2.75, 3.05) is 6.54 Å². The summed E-state index contributed by atoms with van der Waals surface area (Å²) < 4.78 is 7.18. The number of aryl methyl sites for hydroxylation is 1. The van der Waals surface area contributed by atoms with Crippen LogP contribution in [0.15, 0.2) is 41.3 Å². The van der Waals surface area contributed by atoms with E-state index in [4.69, 9.17) is 4.42 Å². The van der Waals surface area contributed by atoms with Gasteiger partial charge >= 0.3 is 0 Å². The number of nitrogens with zero attached hydrogens (tertiary/aromatic N) is 3. The second kappa shape index (κ2) is 5.94. The fraction of sp³-hybridized carbons (Fsp3) is 0.467. The molecule has 3 heterocycles. The third kappa shape index (κ3) is 2.92. The number of furan rings is 1. The molecule has 0 radical (unpaired) electrons. The molecule has 5 nitrogen and oxygen atoms in total. The van der Waals surface area contributed by atoms with E-state index in [0.29, 0.717) is 12.8 Å². The summed E-state index contributed by atoms with van der Waals surface area (Å²) in [5.74, 6) is 1.09. The SMILES string of the molecule is O=C(CCc1ccco1)N1CCCC1Cn1cccn1. The van der Waals surface area contributed by atoms with E-state index in [1.165, 1.54) is 0 Å². The number of rotatable bonds is 5. The van der Waals surface area contributed by atoms with Crippen molar-refractivity contribution in [1.29, 1.82) is 0 Å². The third-order valence-corrected chi connectivity index (χ3v) is 3.82. The van der Waals surface area contributed by atoms with E-state index in [2.05, 4.69) is 5.10 Å². The zero-order valence-corrected chi connectivity index (χ0v) is 11.4. The van der Waals surface area contributed by atoms with Crippen molar-refractivity contribution in [3.63, 3.8) is 0 Å². The Bertz CT molecular complexity index is 533. The van der Waals surface area contributed by atoms with Crippen LogP contribution >= 0.6 is 0 Å². The van der Waals surface area contributed by atoms with E-state index in [9.17, 15) is 4.79 Å². The average Bonchev–Trinajstić information content (AvgIpc) is 3.19.